The van der Waals surface area contributed by atoms with Gasteiger partial charge in [-0.15, -0.1) is 11.8 Å². The van der Waals surface area contributed by atoms with E-state index in [-0.39, 0.29) is 17.2 Å². The van der Waals surface area contributed by atoms with E-state index >= 15 is 0 Å². The number of benzene rings is 2. The Morgan fingerprint density at radius 1 is 1.14 bits per heavy atom. The van der Waals surface area contributed by atoms with Crippen LogP contribution in [0.4, 0.5) is 5.69 Å². The molecule has 0 bridgehead atoms. The number of carbonyl (C=O) groups excluding carboxylic acids is 2. The minimum atomic E-state index is -0.289. The maximum absolute atomic E-state index is 12.5. The number of anilines is 1. The lowest BCUT2D eigenvalue weighted by Crippen LogP contribution is -2.27. The summed E-state index contributed by atoms with van der Waals surface area (Å²) in [7, 11) is 0. The Bertz CT molecular complexity index is 1040. The molecule has 1 saturated heterocycles. The number of nitrogens with zero attached hydrogens (tertiary/aromatic N) is 1. The van der Waals surface area contributed by atoms with Crippen molar-refractivity contribution in [3.63, 3.8) is 0 Å². The van der Waals surface area contributed by atoms with Crippen molar-refractivity contribution in [1.82, 2.24) is 4.90 Å². The fourth-order valence-electron chi connectivity index (χ4n) is 3.07. The molecule has 0 aliphatic carbocycles. The van der Waals surface area contributed by atoms with Crippen molar-refractivity contribution in [2.45, 2.75) is 11.9 Å². The first-order valence-electron chi connectivity index (χ1n) is 8.81. The van der Waals surface area contributed by atoms with Gasteiger partial charge in [-0.2, -0.15) is 0 Å². The number of furan rings is 1. The zero-order valence-corrected chi connectivity index (χ0v) is 17.4. The maximum Gasteiger partial charge on any atom is 0.255 e. The molecule has 2 aromatic carbocycles. The van der Waals surface area contributed by atoms with Crippen LogP contribution in [-0.2, 0) is 11.3 Å². The molecule has 1 fully saturated rings. The summed E-state index contributed by atoms with van der Waals surface area (Å²) in [5.74, 6) is 0.929. The molecule has 5 nitrogen and oxygen atoms in total. The third-order valence-corrected chi connectivity index (χ3v) is 6.61. The van der Waals surface area contributed by atoms with Crippen molar-refractivity contribution >= 4 is 52.5 Å². The largest absolute Gasteiger partial charge is 0.467 e. The first kappa shape index (κ1) is 19.9. The Morgan fingerprint density at radius 2 is 1.93 bits per heavy atom. The van der Waals surface area contributed by atoms with Crippen molar-refractivity contribution in [3.8, 4) is 0 Å². The molecule has 3 aromatic rings. The minimum absolute atomic E-state index is 0.0637. The Balaban J connectivity index is 1.49. The number of hydrogen-bond donors (Lipinski definition) is 1. The lowest BCUT2D eigenvalue weighted by molar-refractivity contribution is -0.128. The second-order valence-electron chi connectivity index (χ2n) is 6.44. The molecule has 148 valence electrons. The molecular formula is C21H16Cl2N2O3S. The minimum Gasteiger partial charge on any atom is -0.467 e. The molecule has 1 aliphatic heterocycles. The van der Waals surface area contributed by atoms with Crippen LogP contribution in [0.1, 0.15) is 27.1 Å². The molecule has 4 rings (SSSR count). The number of rotatable bonds is 5. The highest BCUT2D eigenvalue weighted by Gasteiger charge is 2.33. The number of carbonyl (C=O) groups is 2. The molecule has 8 heteroatoms. The highest BCUT2D eigenvalue weighted by Crippen LogP contribution is 2.39. The summed E-state index contributed by atoms with van der Waals surface area (Å²) in [6.45, 7) is 0.416. The van der Waals surface area contributed by atoms with Gasteiger partial charge in [-0.1, -0.05) is 41.4 Å². The fourth-order valence-corrected chi connectivity index (χ4v) is 4.60. The van der Waals surface area contributed by atoms with Gasteiger partial charge in [-0.25, -0.2) is 0 Å². The first-order chi connectivity index (χ1) is 14.0. The fraction of sp³-hybridized carbons (Fsp3) is 0.143. The van der Waals surface area contributed by atoms with E-state index in [1.54, 1.807) is 59.3 Å². The zero-order chi connectivity index (χ0) is 20.4. The normalized spacial score (nSPS) is 16.3. The van der Waals surface area contributed by atoms with E-state index in [4.69, 9.17) is 27.6 Å². The van der Waals surface area contributed by atoms with Gasteiger partial charge in [0.05, 0.1) is 34.3 Å². The van der Waals surface area contributed by atoms with Gasteiger partial charge in [-0.3, -0.25) is 9.59 Å². The standard InChI is InChI=1S/C21H16Cl2N2O3S/c22-16-4-1-5-17(19(16)23)24-20(27)13-6-8-14(9-7-13)21-25(18(26)12-29-21)11-15-3-2-10-28-15/h1-10,21H,11-12H2,(H,24,27)/t21-/m1/s1. The van der Waals surface area contributed by atoms with Crippen LogP contribution in [0.3, 0.4) is 0 Å². The number of amides is 2. The van der Waals surface area contributed by atoms with E-state index in [9.17, 15) is 9.59 Å². The summed E-state index contributed by atoms with van der Waals surface area (Å²) >= 11 is 13.7. The van der Waals surface area contributed by atoms with Crippen LogP contribution in [0.5, 0.6) is 0 Å². The maximum atomic E-state index is 12.5. The summed E-state index contributed by atoms with van der Waals surface area (Å²) in [6, 6.07) is 15.9. The van der Waals surface area contributed by atoms with Gasteiger partial charge in [0.15, 0.2) is 0 Å². The van der Waals surface area contributed by atoms with Gasteiger partial charge >= 0.3 is 0 Å². The van der Waals surface area contributed by atoms with E-state index in [1.807, 2.05) is 18.2 Å². The summed E-state index contributed by atoms with van der Waals surface area (Å²) < 4.78 is 5.38. The van der Waals surface area contributed by atoms with E-state index in [2.05, 4.69) is 5.32 Å². The zero-order valence-electron chi connectivity index (χ0n) is 15.1. The number of hydrogen-bond acceptors (Lipinski definition) is 4. The van der Waals surface area contributed by atoms with Crippen molar-refractivity contribution in [2.75, 3.05) is 11.1 Å². The van der Waals surface area contributed by atoms with Crippen molar-refractivity contribution in [2.24, 2.45) is 0 Å². The molecule has 1 aliphatic rings. The molecule has 1 atom stereocenters. The molecule has 1 aromatic heterocycles. The molecule has 0 spiro atoms. The molecule has 1 N–H and O–H groups in total. The SMILES string of the molecule is O=C(Nc1cccc(Cl)c1Cl)c1ccc([C@H]2SCC(=O)N2Cc2ccco2)cc1. The molecule has 0 saturated carbocycles. The number of nitrogens with one attached hydrogen (secondary N) is 1. The van der Waals surface area contributed by atoms with E-state index in [0.717, 1.165) is 11.3 Å². The van der Waals surface area contributed by atoms with Crippen molar-refractivity contribution in [3.05, 3.63) is 87.8 Å². The predicted octanol–water partition coefficient (Wildman–Crippen LogP) is 5.61. The van der Waals surface area contributed by atoms with Gasteiger partial charge in [0.1, 0.15) is 11.1 Å². The second-order valence-corrected chi connectivity index (χ2v) is 8.30. The van der Waals surface area contributed by atoms with Crippen LogP contribution >= 0.6 is 35.0 Å². The third kappa shape index (κ3) is 4.29. The van der Waals surface area contributed by atoms with E-state index in [0.29, 0.717) is 33.6 Å². The summed E-state index contributed by atoms with van der Waals surface area (Å²) in [5, 5.41) is 3.32. The third-order valence-electron chi connectivity index (χ3n) is 4.53. The van der Waals surface area contributed by atoms with Crippen molar-refractivity contribution in [1.29, 1.82) is 0 Å². The average Bonchev–Trinajstić information content (AvgIpc) is 3.36. The van der Waals surface area contributed by atoms with Crippen LogP contribution < -0.4 is 5.32 Å². The Labute approximate surface area is 182 Å². The number of halogens is 2. The van der Waals surface area contributed by atoms with Crippen LogP contribution in [-0.4, -0.2) is 22.5 Å². The highest BCUT2D eigenvalue weighted by atomic mass is 35.5. The Kier molecular flexibility index (Phi) is 5.85. The molecule has 2 heterocycles. The van der Waals surface area contributed by atoms with Gasteiger partial charge in [-0.05, 0) is 42.0 Å². The van der Waals surface area contributed by atoms with Crippen LogP contribution in [0, 0.1) is 0 Å². The molecule has 0 unspecified atom stereocenters. The molecule has 2 amide bonds. The van der Waals surface area contributed by atoms with E-state index < -0.39 is 0 Å². The first-order valence-corrected chi connectivity index (χ1v) is 10.6. The van der Waals surface area contributed by atoms with Crippen LogP contribution in [0.15, 0.2) is 65.3 Å². The molecule has 29 heavy (non-hydrogen) atoms. The van der Waals surface area contributed by atoms with Gasteiger partial charge in [0.25, 0.3) is 5.91 Å². The lowest BCUT2D eigenvalue weighted by atomic mass is 10.1. The monoisotopic (exact) mass is 446 g/mol. The Morgan fingerprint density at radius 3 is 2.66 bits per heavy atom. The van der Waals surface area contributed by atoms with Crippen LogP contribution in [0.25, 0.3) is 0 Å². The van der Waals surface area contributed by atoms with E-state index in [1.165, 1.54) is 0 Å². The quantitative estimate of drug-likeness (QED) is 0.552. The smallest absolute Gasteiger partial charge is 0.255 e. The topological polar surface area (TPSA) is 62.6 Å². The molecule has 0 radical (unpaired) electrons. The Hall–Kier alpha value is -2.41. The highest BCUT2D eigenvalue weighted by molar-refractivity contribution is 8.00. The van der Waals surface area contributed by atoms with Crippen molar-refractivity contribution < 1.29 is 14.0 Å². The van der Waals surface area contributed by atoms with Crippen LogP contribution in [0.2, 0.25) is 10.0 Å². The summed E-state index contributed by atoms with van der Waals surface area (Å²) in [5.41, 5.74) is 1.89. The average molecular weight is 447 g/mol. The van der Waals surface area contributed by atoms with Gasteiger partial charge < -0.3 is 14.6 Å². The predicted molar refractivity (Wildman–Crippen MR) is 115 cm³/mol. The summed E-state index contributed by atoms with van der Waals surface area (Å²) in [4.78, 5) is 26.6. The van der Waals surface area contributed by atoms with Gasteiger partial charge in [0.2, 0.25) is 5.91 Å². The summed E-state index contributed by atoms with van der Waals surface area (Å²) in [6.07, 6.45) is 1.59. The second kappa shape index (κ2) is 8.53. The number of thioether (sulfide) groups is 1. The molecular weight excluding hydrogens is 431 g/mol. The van der Waals surface area contributed by atoms with Gasteiger partial charge in [0, 0.05) is 5.56 Å². The lowest BCUT2D eigenvalue weighted by Gasteiger charge is -2.23.